The van der Waals surface area contributed by atoms with Gasteiger partial charge in [-0.25, -0.2) is 0 Å². The number of carbonyl (C=O) groups is 1. The molecule has 3 saturated heterocycles. The number of aliphatic hydroxyl groups excluding tert-OH is 11. The van der Waals surface area contributed by atoms with Gasteiger partial charge in [0.2, 0.25) is 5.91 Å². The molecule has 3 aliphatic heterocycles. The Labute approximate surface area is 547 Å². The van der Waals surface area contributed by atoms with E-state index in [0.29, 0.717) is 12.8 Å². The number of allylic oxidation sites excluding steroid dienone is 9. The molecule has 0 aromatic carbocycles. The quantitative estimate of drug-likeness (QED) is 0.0199. The minimum absolute atomic E-state index is 0.214. The highest BCUT2D eigenvalue weighted by atomic mass is 16.8. The van der Waals surface area contributed by atoms with E-state index in [2.05, 4.69) is 67.8 Å². The van der Waals surface area contributed by atoms with Crippen LogP contribution in [0.25, 0.3) is 0 Å². The van der Waals surface area contributed by atoms with Crippen LogP contribution in [0.5, 0.6) is 0 Å². The first-order valence-electron chi connectivity index (χ1n) is 36.0. The Balaban J connectivity index is 1.42. The monoisotopic (exact) mass is 1300 g/mol. The third kappa shape index (κ3) is 35.4. The van der Waals surface area contributed by atoms with Crippen molar-refractivity contribution in [2.24, 2.45) is 0 Å². The molecule has 0 radical (unpaired) electrons. The molecule has 0 bridgehead atoms. The first-order valence-corrected chi connectivity index (χ1v) is 36.0. The summed E-state index contributed by atoms with van der Waals surface area (Å²) in [5, 5.41) is 120. The Bertz CT molecular complexity index is 1890. The lowest BCUT2D eigenvalue weighted by molar-refractivity contribution is -0.379. The van der Waals surface area contributed by atoms with Gasteiger partial charge < -0.3 is 89.9 Å². The van der Waals surface area contributed by atoms with Crippen molar-refractivity contribution in [2.45, 2.75) is 362 Å². The maximum atomic E-state index is 13.4. The van der Waals surface area contributed by atoms with Gasteiger partial charge in [-0.3, -0.25) is 4.79 Å². The number of ether oxygens (including phenoxy) is 6. The van der Waals surface area contributed by atoms with E-state index in [1.807, 2.05) is 6.08 Å². The Kier molecular flexibility index (Phi) is 48.7. The average molecular weight is 1300 g/mol. The Hall–Kier alpha value is -2.51. The highest BCUT2D eigenvalue weighted by molar-refractivity contribution is 5.76. The zero-order chi connectivity index (χ0) is 66.1. The average Bonchev–Trinajstić information content (AvgIpc) is 0.883. The van der Waals surface area contributed by atoms with Crippen molar-refractivity contribution < 1.29 is 89.4 Å². The van der Waals surface area contributed by atoms with Crippen LogP contribution in [-0.4, -0.2) is 193 Å². The molecule has 530 valence electrons. The molecule has 12 N–H and O–H groups in total. The number of carbonyl (C=O) groups excluding carboxylic acids is 1. The van der Waals surface area contributed by atoms with Crippen LogP contribution in [-0.2, 0) is 33.2 Å². The number of amides is 1. The van der Waals surface area contributed by atoms with E-state index in [1.165, 1.54) is 154 Å². The van der Waals surface area contributed by atoms with Gasteiger partial charge in [-0.05, 0) is 77.0 Å². The molecule has 19 nitrogen and oxygen atoms in total. The number of hydrogen-bond donors (Lipinski definition) is 12. The fraction of sp³-hybridized carbons (Fsp3) is 0.847. The van der Waals surface area contributed by atoms with Gasteiger partial charge in [0.15, 0.2) is 18.9 Å². The van der Waals surface area contributed by atoms with Crippen molar-refractivity contribution in [3.63, 3.8) is 0 Å². The molecule has 3 fully saturated rings. The van der Waals surface area contributed by atoms with Crippen molar-refractivity contribution in [3.8, 4) is 0 Å². The maximum absolute atomic E-state index is 13.4. The Morgan fingerprint density at radius 2 is 0.736 bits per heavy atom. The fourth-order valence-corrected chi connectivity index (χ4v) is 11.9. The van der Waals surface area contributed by atoms with E-state index in [4.69, 9.17) is 28.4 Å². The molecule has 19 heteroatoms. The van der Waals surface area contributed by atoms with E-state index in [0.717, 1.165) is 70.6 Å². The normalized spacial score (nSPS) is 28.2. The highest BCUT2D eigenvalue weighted by Gasteiger charge is 2.53. The summed E-state index contributed by atoms with van der Waals surface area (Å²) < 4.78 is 34.3. The summed E-state index contributed by atoms with van der Waals surface area (Å²) in [5.41, 5.74) is 0. The third-order valence-electron chi connectivity index (χ3n) is 17.8. The third-order valence-corrected chi connectivity index (χ3v) is 17.8. The van der Waals surface area contributed by atoms with Gasteiger partial charge in [0.1, 0.15) is 73.2 Å². The van der Waals surface area contributed by atoms with Crippen molar-refractivity contribution >= 4 is 5.91 Å². The Morgan fingerprint density at radius 3 is 1.19 bits per heavy atom. The van der Waals surface area contributed by atoms with Gasteiger partial charge in [0.25, 0.3) is 0 Å². The molecule has 3 rings (SSSR count). The first kappa shape index (κ1) is 82.7. The van der Waals surface area contributed by atoms with Crippen LogP contribution in [0.4, 0.5) is 0 Å². The van der Waals surface area contributed by atoms with Crippen molar-refractivity contribution in [2.75, 3.05) is 26.4 Å². The molecule has 0 aromatic heterocycles. The number of nitrogens with one attached hydrogen (secondary N) is 1. The number of aliphatic hydroxyl groups is 11. The minimum Gasteiger partial charge on any atom is -0.394 e. The van der Waals surface area contributed by atoms with Crippen LogP contribution in [0.1, 0.15) is 258 Å². The van der Waals surface area contributed by atoms with E-state index in [1.54, 1.807) is 6.08 Å². The van der Waals surface area contributed by atoms with Crippen LogP contribution in [0, 0.1) is 0 Å². The Morgan fingerprint density at radius 1 is 0.396 bits per heavy atom. The van der Waals surface area contributed by atoms with Gasteiger partial charge in [0.05, 0.1) is 38.6 Å². The van der Waals surface area contributed by atoms with Crippen LogP contribution < -0.4 is 5.32 Å². The van der Waals surface area contributed by atoms with Crippen molar-refractivity contribution in [3.05, 3.63) is 60.8 Å². The van der Waals surface area contributed by atoms with E-state index in [9.17, 15) is 61.0 Å². The highest BCUT2D eigenvalue weighted by Crippen LogP contribution is 2.33. The van der Waals surface area contributed by atoms with E-state index < -0.39 is 124 Å². The van der Waals surface area contributed by atoms with E-state index >= 15 is 0 Å². The molecule has 0 aromatic rings. The predicted molar refractivity (Wildman–Crippen MR) is 355 cm³/mol. The lowest BCUT2D eigenvalue weighted by Crippen LogP contribution is -2.66. The van der Waals surface area contributed by atoms with Crippen LogP contribution in [0.2, 0.25) is 0 Å². The molecule has 0 spiro atoms. The van der Waals surface area contributed by atoms with Gasteiger partial charge in [-0.1, -0.05) is 235 Å². The standard InChI is InChI=1S/C72H129NO18/c1-3-5-7-9-11-13-15-17-19-20-21-22-23-24-25-26-27-28-29-30-31-32-33-34-36-37-39-41-43-45-47-49-56(77)55(73-60(78)50-48-46-44-42-40-38-35-18-16-14-12-10-8-6-4-2)54-86-70-66(84)63(81)68(58(52-75)88-70)91-72-67(85)64(82)69(59(53-76)89-72)90-71-65(83)62(80)61(79)57(51-74)87-71/h12,14,18,33-35,39,41,47,49,55-59,61-72,74-77,79-85H,3-11,13,15-17,19-32,36-38,40,42-46,48,50-54H2,1-2H3,(H,73,78)/b14-12-,34-33+,35-18-,41-39+,49-47+. The van der Waals surface area contributed by atoms with Crippen molar-refractivity contribution in [1.82, 2.24) is 5.32 Å². The largest absolute Gasteiger partial charge is 0.394 e. The molecule has 17 unspecified atom stereocenters. The summed E-state index contributed by atoms with van der Waals surface area (Å²) in [6, 6.07) is -1.01. The second-order valence-corrected chi connectivity index (χ2v) is 25.7. The van der Waals surface area contributed by atoms with Crippen LogP contribution >= 0.6 is 0 Å². The molecule has 3 heterocycles. The maximum Gasteiger partial charge on any atom is 0.220 e. The SMILES string of the molecule is CCCCC/C=C\C/C=C\CCCCCCCC(=O)NC(COC1OC(CO)C(OC2OC(CO)C(OC3OC(CO)C(O)C(O)C3O)C(O)C2O)C(O)C1O)C(O)/C=C/CC/C=C/CC/C=C/CCCCCCCCCCCCCCCCCCCCCCC. The van der Waals surface area contributed by atoms with Gasteiger partial charge >= 0.3 is 0 Å². The van der Waals surface area contributed by atoms with Crippen molar-refractivity contribution in [1.29, 1.82) is 0 Å². The lowest BCUT2D eigenvalue weighted by atomic mass is 9.96. The minimum atomic E-state index is -1.99. The zero-order valence-electron chi connectivity index (χ0n) is 56.1. The predicted octanol–water partition coefficient (Wildman–Crippen LogP) is 9.94. The second kappa shape index (κ2) is 53.6. The second-order valence-electron chi connectivity index (χ2n) is 25.7. The number of rotatable bonds is 55. The first-order chi connectivity index (χ1) is 44.3. The van der Waals surface area contributed by atoms with Gasteiger partial charge in [-0.2, -0.15) is 0 Å². The molecule has 0 aliphatic carbocycles. The topological polar surface area (TPSA) is 307 Å². The molecule has 91 heavy (non-hydrogen) atoms. The van der Waals surface area contributed by atoms with Gasteiger partial charge in [0, 0.05) is 6.42 Å². The smallest absolute Gasteiger partial charge is 0.220 e. The molecule has 0 saturated carbocycles. The summed E-state index contributed by atoms with van der Waals surface area (Å²) >= 11 is 0. The summed E-state index contributed by atoms with van der Waals surface area (Å²) in [5.74, 6) is -0.304. The summed E-state index contributed by atoms with van der Waals surface area (Å²) in [7, 11) is 0. The lowest BCUT2D eigenvalue weighted by Gasteiger charge is -2.48. The summed E-state index contributed by atoms with van der Waals surface area (Å²) in [6.07, 6.45) is 39.4. The zero-order valence-corrected chi connectivity index (χ0v) is 56.1. The summed E-state index contributed by atoms with van der Waals surface area (Å²) in [4.78, 5) is 13.4. The molecular weight excluding hydrogens is 1170 g/mol. The molecule has 3 aliphatic rings. The molecule has 1 amide bonds. The summed E-state index contributed by atoms with van der Waals surface area (Å²) in [6.45, 7) is 1.68. The van der Waals surface area contributed by atoms with Crippen LogP contribution in [0.3, 0.4) is 0 Å². The van der Waals surface area contributed by atoms with Gasteiger partial charge in [-0.15, -0.1) is 0 Å². The van der Waals surface area contributed by atoms with E-state index in [-0.39, 0.29) is 18.9 Å². The fourth-order valence-electron chi connectivity index (χ4n) is 11.9. The number of hydrogen-bond acceptors (Lipinski definition) is 18. The number of unbranched alkanes of at least 4 members (excludes halogenated alkanes) is 31. The molecular formula is C72H129NO18. The van der Waals surface area contributed by atoms with Crippen LogP contribution in [0.15, 0.2) is 60.8 Å². The molecule has 17 atom stereocenters.